The molecule has 1 aromatic carbocycles. The van der Waals surface area contributed by atoms with E-state index in [1.165, 1.54) is 0 Å². The van der Waals surface area contributed by atoms with Crippen LogP contribution >= 0.6 is 0 Å². The Bertz CT molecular complexity index is 779. The molecule has 2 amide bonds. The molecule has 0 saturated heterocycles. The molecule has 2 heterocycles. The highest BCUT2D eigenvalue weighted by atomic mass is 16.5. The number of rotatable bonds is 4. The summed E-state index contributed by atoms with van der Waals surface area (Å²) in [5.74, 6) is 0.773. The third-order valence-corrected chi connectivity index (χ3v) is 4.41. The molecule has 0 aliphatic carbocycles. The van der Waals surface area contributed by atoms with E-state index in [0.717, 1.165) is 28.3 Å². The van der Waals surface area contributed by atoms with E-state index in [1.54, 1.807) is 4.90 Å². The summed E-state index contributed by atoms with van der Waals surface area (Å²) in [4.78, 5) is 18.9. The van der Waals surface area contributed by atoms with Gasteiger partial charge in [0.1, 0.15) is 12.4 Å². The monoisotopic (exact) mass is 355 g/mol. The highest BCUT2D eigenvalue weighted by Crippen LogP contribution is 2.24. The fourth-order valence-electron chi connectivity index (χ4n) is 3.10. The van der Waals surface area contributed by atoms with Crippen molar-refractivity contribution in [2.45, 2.75) is 39.5 Å². The van der Waals surface area contributed by atoms with E-state index in [0.29, 0.717) is 26.1 Å². The van der Waals surface area contributed by atoms with Crippen molar-refractivity contribution in [2.24, 2.45) is 0 Å². The van der Waals surface area contributed by atoms with Crippen molar-refractivity contribution in [2.75, 3.05) is 13.2 Å². The molecule has 0 radical (unpaired) electrons. The molecule has 3 rings (SSSR count). The van der Waals surface area contributed by atoms with Gasteiger partial charge in [-0.1, -0.05) is 12.1 Å². The van der Waals surface area contributed by atoms with E-state index in [9.17, 15) is 9.90 Å². The number of ether oxygens (including phenoxy) is 1. The number of nitrogens with one attached hydrogen (secondary N) is 1. The Kier molecular flexibility index (Phi) is 5.73. The number of carbonyl (C=O) groups is 1. The SMILES string of the molecule is Cc1cccc(C[C@@H](C)NC(=O)N2CCOc3ccc(CO)cc3C2)n1. The largest absolute Gasteiger partial charge is 0.491 e. The topological polar surface area (TPSA) is 74.7 Å². The van der Waals surface area contributed by atoms with E-state index < -0.39 is 0 Å². The van der Waals surface area contributed by atoms with Crippen molar-refractivity contribution in [3.8, 4) is 5.75 Å². The van der Waals surface area contributed by atoms with Crippen molar-refractivity contribution in [3.63, 3.8) is 0 Å². The van der Waals surface area contributed by atoms with Gasteiger partial charge in [-0.15, -0.1) is 0 Å². The van der Waals surface area contributed by atoms with Crippen LogP contribution in [0.1, 0.15) is 29.4 Å². The second-order valence-corrected chi connectivity index (χ2v) is 6.70. The zero-order valence-electron chi connectivity index (χ0n) is 15.2. The maximum atomic E-state index is 12.7. The number of fused-ring (bicyclic) bond motifs is 1. The van der Waals surface area contributed by atoms with Crippen LogP contribution in [0.5, 0.6) is 5.75 Å². The lowest BCUT2D eigenvalue weighted by Crippen LogP contribution is -2.45. The Morgan fingerprint density at radius 3 is 3.00 bits per heavy atom. The molecular weight excluding hydrogens is 330 g/mol. The third-order valence-electron chi connectivity index (χ3n) is 4.41. The number of nitrogens with zero attached hydrogens (tertiary/aromatic N) is 2. The van der Waals surface area contributed by atoms with Crippen LogP contribution in [0.15, 0.2) is 36.4 Å². The van der Waals surface area contributed by atoms with E-state index in [-0.39, 0.29) is 18.7 Å². The Morgan fingerprint density at radius 2 is 2.23 bits per heavy atom. The third kappa shape index (κ3) is 4.52. The standard InChI is InChI=1S/C20H25N3O3/c1-14-4-3-5-18(21-14)10-15(2)22-20(25)23-8-9-26-19-7-6-16(13-24)11-17(19)12-23/h3-7,11,15,24H,8-10,12-13H2,1-2H3,(H,22,25)/t15-/m1/s1. The highest BCUT2D eigenvalue weighted by Gasteiger charge is 2.21. The number of aliphatic hydroxyl groups excluding tert-OH is 1. The minimum atomic E-state index is -0.115. The highest BCUT2D eigenvalue weighted by molar-refractivity contribution is 5.74. The van der Waals surface area contributed by atoms with Crippen LogP contribution in [0.4, 0.5) is 4.79 Å². The van der Waals surface area contributed by atoms with Gasteiger partial charge in [0.15, 0.2) is 0 Å². The molecule has 2 N–H and O–H groups in total. The fraction of sp³-hybridized carbons (Fsp3) is 0.400. The maximum Gasteiger partial charge on any atom is 0.318 e. The van der Waals surface area contributed by atoms with Crippen molar-refractivity contribution < 1.29 is 14.6 Å². The molecule has 2 aromatic rings. The number of urea groups is 1. The molecule has 1 aromatic heterocycles. The van der Waals surface area contributed by atoms with Gasteiger partial charge < -0.3 is 20.1 Å². The molecular formula is C20H25N3O3. The van der Waals surface area contributed by atoms with Crippen LogP contribution in [0.25, 0.3) is 0 Å². The van der Waals surface area contributed by atoms with Gasteiger partial charge in [-0.25, -0.2) is 4.79 Å². The number of amides is 2. The van der Waals surface area contributed by atoms with E-state index in [2.05, 4.69) is 10.3 Å². The van der Waals surface area contributed by atoms with E-state index in [1.807, 2.05) is 50.2 Å². The molecule has 0 saturated carbocycles. The van der Waals surface area contributed by atoms with Gasteiger partial charge in [-0.2, -0.15) is 0 Å². The minimum Gasteiger partial charge on any atom is -0.491 e. The molecule has 1 aliphatic rings. The number of benzene rings is 1. The minimum absolute atomic E-state index is 0.0239. The van der Waals surface area contributed by atoms with Gasteiger partial charge in [-0.3, -0.25) is 4.98 Å². The second-order valence-electron chi connectivity index (χ2n) is 6.70. The van der Waals surface area contributed by atoms with Crippen molar-refractivity contribution in [1.82, 2.24) is 15.2 Å². The molecule has 0 fully saturated rings. The molecule has 26 heavy (non-hydrogen) atoms. The van der Waals surface area contributed by atoms with Gasteiger partial charge in [0.05, 0.1) is 19.7 Å². The maximum absolute atomic E-state index is 12.7. The quantitative estimate of drug-likeness (QED) is 0.883. The number of aromatic nitrogens is 1. The molecule has 0 unspecified atom stereocenters. The number of hydrogen-bond acceptors (Lipinski definition) is 4. The molecule has 0 bridgehead atoms. The first-order valence-corrected chi connectivity index (χ1v) is 8.88. The molecule has 138 valence electrons. The van der Waals surface area contributed by atoms with Crippen LogP contribution in [0.2, 0.25) is 0 Å². The summed E-state index contributed by atoms with van der Waals surface area (Å²) in [6.07, 6.45) is 0.684. The summed E-state index contributed by atoms with van der Waals surface area (Å²) in [5, 5.41) is 12.4. The van der Waals surface area contributed by atoms with Crippen LogP contribution in [0.3, 0.4) is 0 Å². The van der Waals surface area contributed by atoms with Crippen molar-refractivity contribution in [1.29, 1.82) is 0 Å². The van der Waals surface area contributed by atoms with Crippen LogP contribution in [-0.2, 0) is 19.6 Å². The Morgan fingerprint density at radius 1 is 1.38 bits per heavy atom. The zero-order chi connectivity index (χ0) is 18.5. The molecule has 1 atom stereocenters. The molecule has 0 spiro atoms. The number of aryl methyl sites for hydroxylation is 1. The second kappa shape index (κ2) is 8.19. The van der Waals surface area contributed by atoms with Crippen LogP contribution < -0.4 is 10.1 Å². The van der Waals surface area contributed by atoms with Crippen molar-refractivity contribution in [3.05, 3.63) is 58.9 Å². The lowest BCUT2D eigenvalue weighted by Gasteiger charge is -2.23. The first-order valence-electron chi connectivity index (χ1n) is 8.88. The average Bonchev–Trinajstić information content (AvgIpc) is 2.83. The Labute approximate surface area is 153 Å². The molecule has 6 heteroatoms. The van der Waals surface area contributed by atoms with Gasteiger partial charge in [0.25, 0.3) is 0 Å². The fourth-order valence-corrected chi connectivity index (χ4v) is 3.10. The molecule has 6 nitrogen and oxygen atoms in total. The van der Waals surface area contributed by atoms with Crippen LogP contribution in [-0.4, -0.2) is 40.2 Å². The first-order chi connectivity index (χ1) is 12.5. The molecule has 1 aliphatic heterocycles. The average molecular weight is 355 g/mol. The zero-order valence-corrected chi connectivity index (χ0v) is 15.2. The number of hydrogen-bond donors (Lipinski definition) is 2. The predicted octanol–water partition coefficient (Wildman–Crippen LogP) is 2.42. The van der Waals surface area contributed by atoms with Gasteiger partial charge in [-0.05, 0) is 43.7 Å². The van der Waals surface area contributed by atoms with Gasteiger partial charge in [0, 0.05) is 29.4 Å². The Hall–Kier alpha value is -2.60. The summed E-state index contributed by atoms with van der Waals surface area (Å²) in [6, 6.07) is 11.4. The van der Waals surface area contributed by atoms with Gasteiger partial charge >= 0.3 is 6.03 Å². The van der Waals surface area contributed by atoms with Crippen molar-refractivity contribution >= 4 is 6.03 Å². The number of aliphatic hydroxyl groups is 1. The summed E-state index contributed by atoms with van der Waals surface area (Å²) >= 11 is 0. The van der Waals surface area contributed by atoms with Crippen LogP contribution in [0, 0.1) is 6.92 Å². The van der Waals surface area contributed by atoms with Gasteiger partial charge in [0.2, 0.25) is 0 Å². The Balaban J connectivity index is 1.63. The van der Waals surface area contributed by atoms with E-state index in [4.69, 9.17) is 4.74 Å². The summed E-state index contributed by atoms with van der Waals surface area (Å²) in [6.45, 7) is 5.34. The predicted molar refractivity (Wildman–Crippen MR) is 98.9 cm³/mol. The summed E-state index contributed by atoms with van der Waals surface area (Å²) in [5.41, 5.74) is 3.67. The lowest BCUT2D eigenvalue weighted by molar-refractivity contribution is 0.184. The normalized spacial score (nSPS) is 14.8. The van der Waals surface area contributed by atoms with E-state index >= 15 is 0 Å². The number of carbonyl (C=O) groups excluding carboxylic acids is 1. The number of pyridine rings is 1. The first kappa shape index (κ1) is 18.2. The smallest absolute Gasteiger partial charge is 0.318 e. The summed E-state index contributed by atoms with van der Waals surface area (Å²) < 4.78 is 5.73. The summed E-state index contributed by atoms with van der Waals surface area (Å²) in [7, 11) is 0. The lowest BCUT2D eigenvalue weighted by atomic mass is 10.1.